The normalized spacial score (nSPS) is 32.2. The summed E-state index contributed by atoms with van der Waals surface area (Å²) in [5.41, 5.74) is 5.81. The predicted octanol–water partition coefficient (Wildman–Crippen LogP) is 1.11. The lowest BCUT2D eigenvalue weighted by molar-refractivity contribution is 0.316. The molecule has 0 aromatic carbocycles. The summed E-state index contributed by atoms with van der Waals surface area (Å²) in [7, 11) is 0. The topological polar surface area (TPSA) is 38.0 Å². The summed E-state index contributed by atoms with van der Waals surface area (Å²) in [5, 5.41) is 3.39. The van der Waals surface area contributed by atoms with E-state index in [0.717, 1.165) is 12.5 Å². The van der Waals surface area contributed by atoms with Gasteiger partial charge in [0, 0.05) is 6.04 Å². The molecule has 11 heavy (non-hydrogen) atoms. The van der Waals surface area contributed by atoms with Crippen LogP contribution in [0.25, 0.3) is 0 Å². The van der Waals surface area contributed by atoms with Crippen LogP contribution in [-0.4, -0.2) is 19.1 Å². The molecule has 0 bridgehead atoms. The summed E-state index contributed by atoms with van der Waals surface area (Å²) in [6.07, 6.45) is 5.12. The molecule has 0 atom stereocenters. The maximum Gasteiger partial charge on any atom is 0.00390 e. The molecule has 1 saturated carbocycles. The quantitative estimate of drug-likeness (QED) is 0.642. The Morgan fingerprint density at radius 1 is 1.27 bits per heavy atom. The van der Waals surface area contributed by atoms with Gasteiger partial charge >= 0.3 is 0 Å². The van der Waals surface area contributed by atoms with E-state index in [2.05, 4.69) is 12.2 Å². The summed E-state index contributed by atoms with van der Waals surface area (Å²) < 4.78 is 0. The fourth-order valence-corrected chi connectivity index (χ4v) is 1.74. The van der Waals surface area contributed by atoms with Crippen LogP contribution in [-0.2, 0) is 0 Å². The summed E-state index contributed by atoms with van der Waals surface area (Å²) in [6, 6.07) is 0.493. The van der Waals surface area contributed by atoms with E-state index in [-0.39, 0.29) is 0 Å². The van der Waals surface area contributed by atoms with Gasteiger partial charge < -0.3 is 11.1 Å². The van der Waals surface area contributed by atoms with Crippen molar-refractivity contribution in [2.75, 3.05) is 13.1 Å². The average molecular weight is 156 g/mol. The first-order valence-corrected chi connectivity index (χ1v) is 4.79. The van der Waals surface area contributed by atoms with Crippen LogP contribution in [0.5, 0.6) is 0 Å². The molecular weight excluding hydrogens is 136 g/mol. The van der Waals surface area contributed by atoms with Crippen molar-refractivity contribution in [3.8, 4) is 0 Å². The SMILES string of the molecule is CCNC[C@H]1CC[C@H](N)CC1. The number of hydrogen-bond acceptors (Lipinski definition) is 2. The highest BCUT2D eigenvalue weighted by atomic mass is 14.8. The minimum Gasteiger partial charge on any atom is -0.328 e. The van der Waals surface area contributed by atoms with Crippen molar-refractivity contribution in [1.29, 1.82) is 0 Å². The molecule has 0 aromatic rings. The Balaban J connectivity index is 2.07. The molecule has 1 fully saturated rings. The Bertz CT molecular complexity index is 93.0. The fraction of sp³-hybridized carbons (Fsp3) is 1.00. The minimum absolute atomic E-state index is 0.493. The van der Waals surface area contributed by atoms with Crippen molar-refractivity contribution in [2.24, 2.45) is 11.7 Å². The maximum absolute atomic E-state index is 5.81. The average Bonchev–Trinajstić information content (AvgIpc) is 2.04. The number of nitrogens with two attached hydrogens (primary N) is 1. The van der Waals surface area contributed by atoms with Gasteiger partial charge in [0.2, 0.25) is 0 Å². The van der Waals surface area contributed by atoms with Gasteiger partial charge in [0.15, 0.2) is 0 Å². The Morgan fingerprint density at radius 2 is 1.91 bits per heavy atom. The Morgan fingerprint density at radius 3 is 2.45 bits per heavy atom. The maximum atomic E-state index is 5.81. The van der Waals surface area contributed by atoms with Crippen molar-refractivity contribution < 1.29 is 0 Å². The van der Waals surface area contributed by atoms with Gasteiger partial charge in [0.05, 0.1) is 0 Å². The molecule has 0 amide bonds. The molecule has 1 aliphatic rings. The zero-order valence-corrected chi connectivity index (χ0v) is 7.47. The summed E-state index contributed by atoms with van der Waals surface area (Å²) >= 11 is 0. The van der Waals surface area contributed by atoms with E-state index in [1.54, 1.807) is 0 Å². The Hall–Kier alpha value is -0.0800. The van der Waals surface area contributed by atoms with Crippen molar-refractivity contribution in [3.05, 3.63) is 0 Å². The minimum atomic E-state index is 0.493. The van der Waals surface area contributed by atoms with Gasteiger partial charge in [-0.25, -0.2) is 0 Å². The number of rotatable bonds is 3. The molecule has 1 aliphatic carbocycles. The second kappa shape index (κ2) is 4.73. The second-order valence-corrected chi connectivity index (χ2v) is 3.59. The summed E-state index contributed by atoms with van der Waals surface area (Å²) in [4.78, 5) is 0. The van der Waals surface area contributed by atoms with Crippen LogP contribution >= 0.6 is 0 Å². The third-order valence-corrected chi connectivity index (χ3v) is 2.57. The molecule has 0 spiro atoms. The van der Waals surface area contributed by atoms with Gasteiger partial charge in [-0.3, -0.25) is 0 Å². The van der Waals surface area contributed by atoms with Crippen LogP contribution in [0.1, 0.15) is 32.6 Å². The molecule has 1 rings (SSSR count). The smallest absolute Gasteiger partial charge is 0.00390 e. The second-order valence-electron chi connectivity index (χ2n) is 3.59. The van der Waals surface area contributed by atoms with Crippen LogP contribution < -0.4 is 11.1 Å². The van der Waals surface area contributed by atoms with Crippen LogP contribution in [0.4, 0.5) is 0 Å². The van der Waals surface area contributed by atoms with E-state index in [1.807, 2.05) is 0 Å². The highest BCUT2D eigenvalue weighted by Crippen LogP contribution is 2.22. The lowest BCUT2D eigenvalue weighted by Gasteiger charge is -2.25. The molecule has 0 aromatic heterocycles. The third-order valence-electron chi connectivity index (χ3n) is 2.57. The fourth-order valence-electron chi connectivity index (χ4n) is 1.74. The molecule has 0 unspecified atom stereocenters. The van der Waals surface area contributed by atoms with E-state index in [9.17, 15) is 0 Å². The van der Waals surface area contributed by atoms with Gasteiger partial charge in [-0.05, 0) is 44.7 Å². The van der Waals surface area contributed by atoms with Crippen LogP contribution in [0.3, 0.4) is 0 Å². The first-order valence-electron chi connectivity index (χ1n) is 4.79. The zero-order chi connectivity index (χ0) is 8.10. The van der Waals surface area contributed by atoms with Crippen molar-refractivity contribution >= 4 is 0 Å². The van der Waals surface area contributed by atoms with E-state index in [4.69, 9.17) is 5.73 Å². The van der Waals surface area contributed by atoms with Gasteiger partial charge in [-0.1, -0.05) is 6.92 Å². The summed E-state index contributed by atoms with van der Waals surface area (Å²) in [6.45, 7) is 4.46. The standard InChI is InChI=1S/C9H20N2/c1-2-11-7-8-3-5-9(10)6-4-8/h8-9,11H,2-7,10H2,1H3/t8-,9-. The van der Waals surface area contributed by atoms with E-state index in [1.165, 1.54) is 32.2 Å². The van der Waals surface area contributed by atoms with E-state index in [0.29, 0.717) is 6.04 Å². The molecule has 0 radical (unpaired) electrons. The first kappa shape index (κ1) is 9.01. The highest BCUT2D eigenvalue weighted by molar-refractivity contribution is 4.75. The molecule has 2 nitrogen and oxygen atoms in total. The van der Waals surface area contributed by atoms with Crippen molar-refractivity contribution in [1.82, 2.24) is 5.32 Å². The van der Waals surface area contributed by atoms with Crippen molar-refractivity contribution in [2.45, 2.75) is 38.6 Å². The molecule has 3 N–H and O–H groups in total. The van der Waals surface area contributed by atoms with Gasteiger partial charge in [0.1, 0.15) is 0 Å². The summed E-state index contributed by atoms with van der Waals surface area (Å²) in [5.74, 6) is 0.898. The lowest BCUT2D eigenvalue weighted by atomic mass is 9.86. The molecule has 2 heteroatoms. The molecule has 0 aliphatic heterocycles. The monoisotopic (exact) mass is 156 g/mol. The van der Waals surface area contributed by atoms with Gasteiger partial charge in [-0.2, -0.15) is 0 Å². The predicted molar refractivity (Wildman–Crippen MR) is 48.5 cm³/mol. The van der Waals surface area contributed by atoms with Crippen LogP contribution in [0.2, 0.25) is 0 Å². The molecule has 66 valence electrons. The third kappa shape index (κ3) is 3.21. The Labute approximate surface area is 69.5 Å². The zero-order valence-electron chi connectivity index (χ0n) is 7.47. The molecule has 0 saturated heterocycles. The van der Waals surface area contributed by atoms with Crippen molar-refractivity contribution in [3.63, 3.8) is 0 Å². The largest absolute Gasteiger partial charge is 0.328 e. The Kier molecular flexibility index (Phi) is 3.87. The van der Waals surface area contributed by atoms with Crippen LogP contribution in [0, 0.1) is 5.92 Å². The molecule has 0 heterocycles. The van der Waals surface area contributed by atoms with E-state index < -0.39 is 0 Å². The lowest BCUT2D eigenvalue weighted by Crippen LogP contribution is -2.31. The highest BCUT2D eigenvalue weighted by Gasteiger charge is 2.17. The van der Waals surface area contributed by atoms with Crippen LogP contribution in [0.15, 0.2) is 0 Å². The number of nitrogens with one attached hydrogen (secondary N) is 1. The van der Waals surface area contributed by atoms with Gasteiger partial charge in [-0.15, -0.1) is 0 Å². The van der Waals surface area contributed by atoms with E-state index >= 15 is 0 Å². The number of hydrogen-bond donors (Lipinski definition) is 2. The van der Waals surface area contributed by atoms with Gasteiger partial charge in [0.25, 0.3) is 0 Å². The molecular formula is C9H20N2. The first-order chi connectivity index (χ1) is 5.33.